The van der Waals surface area contributed by atoms with Crippen LogP contribution in [0.2, 0.25) is 5.02 Å². The zero-order chi connectivity index (χ0) is 14.2. The van der Waals surface area contributed by atoms with Crippen LogP contribution in [0.4, 0.5) is 4.39 Å². The molecular weight excluding hydrogens is 291 g/mol. The van der Waals surface area contributed by atoms with Gasteiger partial charge in [0.15, 0.2) is 9.84 Å². The van der Waals surface area contributed by atoms with Crippen molar-refractivity contribution in [3.05, 3.63) is 40.9 Å². The Balaban J connectivity index is 2.60. The van der Waals surface area contributed by atoms with Crippen molar-refractivity contribution in [1.29, 1.82) is 0 Å². The molecule has 0 atom stereocenters. The Morgan fingerprint density at radius 2 is 2.11 bits per heavy atom. The van der Waals surface area contributed by atoms with E-state index in [0.717, 1.165) is 6.26 Å². The minimum atomic E-state index is -3.33. The molecule has 2 rings (SSSR count). The van der Waals surface area contributed by atoms with Crippen molar-refractivity contribution in [2.75, 3.05) is 6.26 Å². The summed E-state index contributed by atoms with van der Waals surface area (Å²) in [5.74, 6) is -0.502. The van der Waals surface area contributed by atoms with Gasteiger partial charge in [-0.05, 0) is 18.6 Å². The number of nitrogens with zero attached hydrogens (tertiary/aromatic N) is 2. The van der Waals surface area contributed by atoms with Gasteiger partial charge in [-0.15, -0.1) is 0 Å². The van der Waals surface area contributed by atoms with Gasteiger partial charge in [-0.3, -0.25) is 0 Å². The Hall–Kier alpha value is -1.40. The Morgan fingerprint density at radius 1 is 1.42 bits per heavy atom. The minimum Gasteiger partial charge on any atom is -0.239 e. The van der Waals surface area contributed by atoms with Crippen LogP contribution in [0.3, 0.4) is 0 Å². The van der Waals surface area contributed by atoms with Gasteiger partial charge in [0.25, 0.3) is 0 Å². The highest BCUT2D eigenvalue weighted by atomic mass is 35.5. The van der Waals surface area contributed by atoms with Gasteiger partial charge in [-0.1, -0.05) is 18.5 Å². The molecule has 0 radical (unpaired) electrons. The lowest BCUT2D eigenvalue weighted by Gasteiger charge is -2.09. The normalized spacial score (nSPS) is 11.8. The standard InChI is InChI=1S/C12H12ClFN2O2S/c1-3-9-11(5-4-10(13)12(9)14)16-7-8(6-15-16)19(2,17)18/h4-7H,3H2,1-2H3. The lowest BCUT2D eigenvalue weighted by atomic mass is 10.1. The number of aromatic nitrogens is 2. The van der Waals surface area contributed by atoms with Crippen molar-refractivity contribution in [1.82, 2.24) is 9.78 Å². The maximum Gasteiger partial charge on any atom is 0.178 e. The zero-order valence-electron chi connectivity index (χ0n) is 10.4. The number of hydrogen-bond donors (Lipinski definition) is 0. The highest BCUT2D eigenvalue weighted by molar-refractivity contribution is 7.90. The molecule has 0 unspecified atom stereocenters. The minimum absolute atomic E-state index is 0.0380. The maximum atomic E-state index is 13.9. The molecule has 0 saturated carbocycles. The van der Waals surface area contributed by atoms with Crippen LogP contribution in [0.15, 0.2) is 29.4 Å². The SMILES string of the molecule is CCc1c(-n2cc(S(C)(=O)=O)cn2)ccc(Cl)c1F. The van der Waals surface area contributed by atoms with Crippen LogP contribution in [0.5, 0.6) is 0 Å². The molecule has 1 aromatic heterocycles. The van der Waals surface area contributed by atoms with Gasteiger partial charge >= 0.3 is 0 Å². The molecule has 2 aromatic rings. The quantitative estimate of drug-likeness (QED) is 0.876. The predicted octanol–water partition coefficient (Wildman–Crippen LogP) is 2.63. The largest absolute Gasteiger partial charge is 0.239 e. The van der Waals surface area contributed by atoms with Crippen molar-refractivity contribution in [2.45, 2.75) is 18.2 Å². The predicted molar refractivity (Wildman–Crippen MR) is 71.0 cm³/mol. The Kier molecular flexibility index (Phi) is 3.64. The molecule has 0 bridgehead atoms. The van der Waals surface area contributed by atoms with Crippen molar-refractivity contribution in [3.63, 3.8) is 0 Å². The smallest absolute Gasteiger partial charge is 0.178 e. The van der Waals surface area contributed by atoms with E-state index < -0.39 is 15.7 Å². The van der Waals surface area contributed by atoms with Crippen LogP contribution in [-0.4, -0.2) is 24.5 Å². The van der Waals surface area contributed by atoms with Gasteiger partial charge in [0.2, 0.25) is 0 Å². The van der Waals surface area contributed by atoms with Crippen LogP contribution >= 0.6 is 11.6 Å². The average molecular weight is 303 g/mol. The fourth-order valence-electron chi connectivity index (χ4n) is 1.76. The number of rotatable bonds is 3. The van der Waals surface area contributed by atoms with Gasteiger partial charge in [-0.25, -0.2) is 17.5 Å². The summed E-state index contributed by atoms with van der Waals surface area (Å²) >= 11 is 5.73. The van der Waals surface area contributed by atoms with Crippen LogP contribution in [0.25, 0.3) is 5.69 Å². The summed E-state index contributed by atoms with van der Waals surface area (Å²) in [6.45, 7) is 1.79. The second-order valence-corrected chi connectivity index (χ2v) is 6.53. The molecule has 19 heavy (non-hydrogen) atoms. The molecule has 102 valence electrons. The van der Waals surface area contributed by atoms with E-state index in [9.17, 15) is 12.8 Å². The number of hydrogen-bond acceptors (Lipinski definition) is 3. The first-order valence-corrected chi connectivity index (χ1v) is 7.83. The van der Waals surface area contributed by atoms with Crippen molar-refractivity contribution in [2.24, 2.45) is 0 Å². The highest BCUT2D eigenvalue weighted by Gasteiger charge is 2.15. The topological polar surface area (TPSA) is 52.0 Å². The van der Waals surface area contributed by atoms with Crippen molar-refractivity contribution < 1.29 is 12.8 Å². The molecule has 0 aliphatic heterocycles. The molecule has 1 aromatic carbocycles. The third kappa shape index (κ3) is 2.64. The van der Waals surface area contributed by atoms with Crippen molar-refractivity contribution in [3.8, 4) is 5.69 Å². The third-order valence-electron chi connectivity index (χ3n) is 2.76. The van der Waals surface area contributed by atoms with Crippen molar-refractivity contribution >= 4 is 21.4 Å². The molecule has 0 fully saturated rings. The molecule has 0 spiro atoms. The van der Waals surface area contributed by atoms with Crippen LogP contribution in [-0.2, 0) is 16.3 Å². The average Bonchev–Trinajstić information content (AvgIpc) is 2.81. The molecule has 1 heterocycles. The Bertz CT molecular complexity index is 725. The molecule has 4 nitrogen and oxygen atoms in total. The van der Waals surface area contributed by atoms with E-state index in [2.05, 4.69) is 5.10 Å². The van der Waals surface area contributed by atoms with E-state index in [0.29, 0.717) is 17.7 Å². The molecule has 0 aliphatic rings. The number of benzene rings is 1. The van der Waals surface area contributed by atoms with E-state index >= 15 is 0 Å². The van der Waals surface area contributed by atoms with Gasteiger partial charge in [0.1, 0.15) is 10.7 Å². The zero-order valence-corrected chi connectivity index (χ0v) is 12.0. The maximum absolute atomic E-state index is 13.9. The highest BCUT2D eigenvalue weighted by Crippen LogP contribution is 2.25. The second kappa shape index (κ2) is 4.94. The molecule has 0 saturated heterocycles. The van der Waals surface area contributed by atoms with Gasteiger partial charge in [0.05, 0.1) is 16.9 Å². The molecular formula is C12H12ClFN2O2S. The second-order valence-electron chi connectivity index (χ2n) is 4.11. The molecule has 0 amide bonds. The monoisotopic (exact) mass is 302 g/mol. The Labute approximate surface area is 115 Å². The first kappa shape index (κ1) is 14.0. The summed E-state index contributed by atoms with van der Waals surface area (Å²) in [7, 11) is -3.33. The van der Waals surface area contributed by atoms with E-state index in [1.54, 1.807) is 13.0 Å². The molecule has 0 aliphatic carbocycles. The van der Waals surface area contributed by atoms with Gasteiger partial charge < -0.3 is 0 Å². The first-order chi connectivity index (χ1) is 8.84. The Morgan fingerprint density at radius 3 is 2.63 bits per heavy atom. The van der Waals surface area contributed by atoms with Crippen LogP contribution < -0.4 is 0 Å². The number of halogens is 2. The first-order valence-electron chi connectivity index (χ1n) is 5.56. The summed E-state index contributed by atoms with van der Waals surface area (Å²) in [5.41, 5.74) is 0.884. The van der Waals surface area contributed by atoms with E-state index in [1.165, 1.54) is 23.1 Å². The van der Waals surface area contributed by atoms with Crippen LogP contribution in [0, 0.1) is 5.82 Å². The van der Waals surface area contributed by atoms with Gasteiger partial charge in [0, 0.05) is 18.0 Å². The molecule has 0 N–H and O–H groups in total. The summed E-state index contributed by atoms with van der Waals surface area (Å²) in [4.78, 5) is 0.0879. The van der Waals surface area contributed by atoms with Gasteiger partial charge in [-0.2, -0.15) is 5.10 Å². The molecule has 7 heteroatoms. The fraction of sp³-hybridized carbons (Fsp3) is 0.250. The van der Waals surface area contributed by atoms with E-state index in [4.69, 9.17) is 11.6 Å². The summed E-state index contributed by atoms with van der Waals surface area (Å²) in [5, 5.41) is 4.00. The lowest BCUT2D eigenvalue weighted by molar-refractivity contribution is 0.602. The van der Waals surface area contributed by atoms with E-state index in [-0.39, 0.29) is 9.92 Å². The van der Waals surface area contributed by atoms with E-state index in [1.807, 2.05) is 0 Å². The van der Waals surface area contributed by atoms with Crippen LogP contribution in [0.1, 0.15) is 12.5 Å². The summed E-state index contributed by atoms with van der Waals surface area (Å²) in [6, 6.07) is 3.04. The fourth-order valence-corrected chi connectivity index (χ4v) is 2.47. The summed E-state index contributed by atoms with van der Waals surface area (Å²) < 4.78 is 38.0. The third-order valence-corrected chi connectivity index (χ3v) is 4.12. The summed E-state index contributed by atoms with van der Waals surface area (Å²) in [6.07, 6.45) is 4.12. The lowest BCUT2D eigenvalue weighted by Crippen LogP contribution is -2.03. The number of sulfone groups is 1.